The quantitative estimate of drug-likeness (QED) is 0.466. The van der Waals surface area contributed by atoms with Crippen LogP contribution in [0.3, 0.4) is 0 Å². The Kier molecular flexibility index (Phi) is 4.50. The van der Waals surface area contributed by atoms with Crippen LogP contribution >= 0.6 is 0 Å². The van der Waals surface area contributed by atoms with Crippen molar-refractivity contribution >= 4 is 0 Å². The molecule has 0 amide bonds. The summed E-state index contributed by atoms with van der Waals surface area (Å²) in [7, 11) is 1.80. The third-order valence-electron chi connectivity index (χ3n) is 2.13. The zero-order valence-electron chi connectivity index (χ0n) is 7.23. The second kappa shape index (κ2) is 5.52. The standard InChI is InChI=1S/C8H18N2O/c1-9-11-7-5-8-4-2-3-6-10-8/h8-10H,2-7H2,1H3. The molecule has 2 N–H and O–H groups in total. The van der Waals surface area contributed by atoms with Crippen LogP contribution in [0.2, 0.25) is 0 Å². The molecule has 0 spiro atoms. The molecular weight excluding hydrogens is 140 g/mol. The van der Waals surface area contributed by atoms with Gasteiger partial charge in [-0.3, -0.25) is 0 Å². The molecule has 0 aromatic rings. The van der Waals surface area contributed by atoms with E-state index in [1.54, 1.807) is 7.05 Å². The van der Waals surface area contributed by atoms with Crippen molar-refractivity contribution in [1.29, 1.82) is 0 Å². The van der Waals surface area contributed by atoms with Gasteiger partial charge >= 0.3 is 0 Å². The van der Waals surface area contributed by atoms with Gasteiger partial charge in [0.1, 0.15) is 0 Å². The third kappa shape index (κ3) is 3.70. The van der Waals surface area contributed by atoms with Crippen LogP contribution in [0.4, 0.5) is 0 Å². The molecule has 0 radical (unpaired) electrons. The smallest absolute Gasteiger partial charge is 0.0696 e. The van der Waals surface area contributed by atoms with E-state index in [0.717, 1.165) is 13.0 Å². The summed E-state index contributed by atoms with van der Waals surface area (Å²) >= 11 is 0. The number of rotatable bonds is 4. The SMILES string of the molecule is CNOCCC1CCCCN1. The molecule has 66 valence electrons. The molecule has 1 heterocycles. The topological polar surface area (TPSA) is 33.3 Å². The van der Waals surface area contributed by atoms with Gasteiger partial charge in [0.25, 0.3) is 0 Å². The maximum absolute atomic E-state index is 5.05. The Labute approximate surface area is 68.5 Å². The Morgan fingerprint density at radius 2 is 2.45 bits per heavy atom. The molecule has 11 heavy (non-hydrogen) atoms. The average molecular weight is 158 g/mol. The zero-order chi connectivity index (χ0) is 7.94. The zero-order valence-corrected chi connectivity index (χ0v) is 7.23. The second-order valence-electron chi connectivity index (χ2n) is 2.99. The molecule has 1 unspecified atom stereocenters. The van der Waals surface area contributed by atoms with Gasteiger partial charge in [-0.05, 0) is 25.8 Å². The second-order valence-corrected chi connectivity index (χ2v) is 2.99. The van der Waals surface area contributed by atoms with Crippen LogP contribution in [-0.2, 0) is 4.84 Å². The first-order chi connectivity index (χ1) is 5.43. The highest BCUT2D eigenvalue weighted by Crippen LogP contribution is 2.09. The van der Waals surface area contributed by atoms with Crippen molar-refractivity contribution in [2.45, 2.75) is 31.7 Å². The monoisotopic (exact) mass is 158 g/mol. The largest absolute Gasteiger partial charge is 0.314 e. The maximum Gasteiger partial charge on any atom is 0.0696 e. The lowest BCUT2D eigenvalue weighted by atomic mass is 10.0. The van der Waals surface area contributed by atoms with Crippen LogP contribution in [-0.4, -0.2) is 26.2 Å². The first kappa shape index (κ1) is 8.97. The molecule has 1 fully saturated rings. The molecule has 0 aromatic heterocycles. The molecule has 0 bridgehead atoms. The summed E-state index contributed by atoms with van der Waals surface area (Å²) in [5.41, 5.74) is 2.68. The van der Waals surface area contributed by atoms with Crippen LogP contribution in [0, 0.1) is 0 Å². The summed E-state index contributed by atoms with van der Waals surface area (Å²) in [5, 5.41) is 3.47. The minimum absolute atomic E-state index is 0.692. The van der Waals surface area contributed by atoms with Gasteiger partial charge in [-0.2, -0.15) is 0 Å². The average Bonchev–Trinajstić information content (AvgIpc) is 2.07. The van der Waals surface area contributed by atoms with Gasteiger partial charge in [-0.15, -0.1) is 0 Å². The Hall–Kier alpha value is -0.120. The van der Waals surface area contributed by atoms with Crippen molar-refractivity contribution in [3.63, 3.8) is 0 Å². The van der Waals surface area contributed by atoms with Crippen LogP contribution in [0.15, 0.2) is 0 Å². The van der Waals surface area contributed by atoms with Crippen molar-refractivity contribution in [3.8, 4) is 0 Å². The summed E-state index contributed by atoms with van der Waals surface area (Å²) in [6.45, 7) is 2.00. The van der Waals surface area contributed by atoms with E-state index in [1.165, 1.54) is 25.8 Å². The number of hydroxylamine groups is 1. The molecule has 1 aliphatic heterocycles. The fourth-order valence-electron chi connectivity index (χ4n) is 1.47. The number of hydrogen-bond acceptors (Lipinski definition) is 3. The lowest BCUT2D eigenvalue weighted by molar-refractivity contribution is 0.0497. The van der Waals surface area contributed by atoms with Gasteiger partial charge in [0.05, 0.1) is 6.61 Å². The fourth-order valence-corrected chi connectivity index (χ4v) is 1.47. The highest BCUT2D eigenvalue weighted by molar-refractivity contribution is 4.71. The number of piperidine rings is 1. The first-order valence-electron chi connectivity index (χ1n) is 4.45. The molecule has 3 heteroatoms. The van der Waals surface area contributed by atoms with Gasteiger partial charge in [-0.1, -0.05) is 6.42 Å². The lowest BCUT2D eigenvalue weighted by Gasteiger charge is -2.22. The molecular formula is C8H18N2O. The van der Waals surface area contributed by atoms with Gasteiger partial charge in [0, 0.05) is 13.1 Å². The Morgan fingerprint density at radius 3 is 3.09 bits per heavy atom. The summed E-state index contributed by atoms with van der Waals surface area (Å²) in [5.74, 6) is 0. The highest BCUT2D eigenvalue weighted by Gasteiger charge is 2.11. The summed E-state index contributed by atoms with van der Waals surface area (Å²) in [4.78, 5) is 5.05. The molecule has 1 rings (SSSR count). The first-order valence-corrected chi connectivity index (χ1v) is 4.45. The molecule has 1 atom stereocenters. The van der Waals surface area contributed by atoms with Crippen molar-refractivity contribution in [1.82, 2.24) is 10.8 Å². The van der Waals surface area contributed by atoms with Crippen molar-refractivity contribution in [3.05, 3.63) is 0 Å². The number of nitrogens with one attached hydrogen (secondary N) is 2. The molecule has 0 saturated carbocycles. The van der Waals surface area contributed by atoms with E-state index in [1.807, 2.05) is 0 Å². The van der Waals surface area contributed by atoms with Gasteiger partial charge in [0.2, 0.25) is 0 Å². The van der Waals surface area contributed by atoms with Gasteiger partial charge in [-0.25, -0.2) is 5.48 Å². The van der Waals surface area contributed by atoms with Crippen molar-refractivity contribution in [2.24, 2.45) is 0 Å². The third-order valence-corrected chi connectivity index (χ3v) is 2.13. The van der Waals surface area contributed by atoms with E-state index in [-0.39, 0.29) is 0 Å². The molecule has 1 saturated heterocycles. The van der Waals surface area contributed by atoms with Crippen molar-refractivity contribution < 1.29 is 4.84 Å². The Bertz CT molecular complexity index is 92.1. The highest BCUT2D eigenvalue weighted by atomic mass is 16.6. The van der Waals surface area contributed by atoms with E-state index in [4.69, 9.17) is 4.84 Å². The van der Waals surface area contributed by atoms with Gasteiger partial charge < -0.3 is 10.2 Å². The summed E-state index contributed by atoms with van der Waals surface area (Å²) < 4.78 is 0. The molecule has 0 aliphatic carbocycles. The van der Waals surface area contributed by atoms with Crippen molar-refractivity contribution in [2.75, 3.05) is 20.2 Å². The summed E-state index contributed by atoms with van der Waals surface area (Å²) in [6.07, 6.45) is 5.15. The lowest BCUT2D eigenvalue weighted by Crippen LogP contribution is -2.35. The predicted molar refractivity (Wildman–Crippen MR) is 45.3 cm³/mol. The maximum atomic E-state index is 5.05. The molecule has 1 aliphatic rings. The molecule has 3 nitrogen and oxygen atoms in total. The minimum Gasteiger partial charge on any atom is -0.314 e. The predicted octanol–water partition coefficient (Wildman–Crippen LogP) is 0.670. The van der Waals surface area contributed by atoms with Crippen LogP contribution in [0.1, 0.15) is 25.7 Å². The van der Waals surface area contributed by atoms with E-state index < -0.39 is 0 Å². The summed E-state index contributed by atoms with van der Waals surface area (Å²) in [6, 6.07) is 0.692. The van der Waals surface area contributed by atoms with Gasteiger partial charge in [0.15, 0.2) is 0 Å². The fraction of sp³-hybridized carbons (Fsp3) is 1.00. The Balaban J connectivity index is 1.96. The van der Waals surface area contributed by atoms with Crippen LogP contribution in [0.5, 0.6) is 0 Å². The number of hydrogen-bond donors (Lipinski definition) is 2. The van der Waals surface area contributed by atoms with E-state index >= 15 is 0 Å². The normalized spacial score (nSPS) is 25.4. The van der Waals surface area contributed by atoms with E-state index in [2.05, 4.69) is 10.8 Å². The van der Waals surface area contributed by atoms with Crippen LogP contribution < -0.4 is 10.8 Å². The van der Waals surface area contributed by atoms with E-state index in [0.29, 0.717) is 6.04 Å². The molecule has 0 aromatic carbocycles. The van der Waals surface area contributed by atoms with Crippen LogP contribution in [0.25, 0.3) is 0 Å². The minimum atomic E-state index is 0.692. The Morgan fingerprint density at radius 1 is 1.55 bits per heavy atom. The van der Waals surface area contributed by atoms with E-state index in [9.17, 15) is 0 Å².